The molecule has 190 valence electrons. The number of aromatic nitrogens is 5. The van der Waals surface area contributed by atoms with Crippen molar-refractivity contribution in [1.82, 2.24) is 24.7 Å². The van der Waals surface area contributed by atoms with Crippen molar-refractivity contribution in [2.24, 2.45) is 7.05 Å². The van der Waals surface area contributed by atoms with E-state index < -0.39 is 0 Å². The third-order valence-electron chi connectivity index (χ3n) is 6.72. The Morgan fingerprint density at radius 1 is 1.14 bits per heavy atom. The first-order chi connectivity index (χ1) is 17.9. The Balaban J connectivity index is 1.38. The van der Waals surface area contributed by atoms with E-state index in [9.17, 15) is 5.26 Å². The number of benzene rings is 1. The molecule has 1 fully saturated rings. The molecule has 1 aromatic carbocycles. The van der Waals surface area contributed by atoms with E-state index >= 15 is 0 Å². The molecule has 6 rings (SSSR count). The van der Waals surface area contributed by atoms with Crippen molar-refractivity contribution in [3.8, 4) is 28.8 Å². The van der Waals surface area contributed by atoms with Gasteiger partial charge in [-0.25, -0.2) is 0 Å². The average molecular weight is 501 g/mol. The zero-order valence-corrected chi connectivity index (χ0v) is 21.0. The molecule has 11 heteroatoms. The molecule has 2 aliphatic heterocycles. The number of nitrogens with one attached hydrogen (secondary N) is 3. The number of nitriles is 1. The first-order valence-electron chi connectivity index (χ1n) is 12.3. The van der Waals surface area contributed by atoms with E-state index in [-0.39, 0.29) is 11.6 Å². The Labute approximate surface area is 213 Å². The van der Waals surface area contributed by atoms with Gasteiger partial charge >= 0.3 is 0 Å². The van der Waals surface area contributed by atoms with Gasteiger partial charge in [-0.05, 0) is 44.9 Å². The maximum absolute atomic E-state index is 9.67. The number of fused-ring (bicyclic) bond motifs is 2. The highest BCUT2D eigenvalue weighted by Crippen LogP contribution is 2.45. The fourth-order valence-corrected chi connectivity index (χ4v) is 5.03. The van der Waals surface area contributed by atoms with Crippen LogP contribution >= 0.6 is 0 Å². The predicted octanol–water partition coefficient (Wildman–Crippen LogP) is 4.11. The molecule has 0 amide bonds. The van der Waals surface area contributed by atoms with Gasteiger partial charge in [0.2, 0.25) is 5.95 Å². The minimum Gasteiger partial charge on any atom is -0.485 e. The number of anilines is 3. The number of aromatic amines is 1. The Hall–Kier alpha value is -4.30. The number of nitrogens with zero attached hydrogens (tertiary/aromatic N) is 5. The second-order valence-corrected chi connectivity index (χ2v) is 9.86. The number of H-pyrrole nitrogens is 1. The largest absolute Gasteiger partial charge is 0.485 e. The predicted molar refractivity (Wildman–Crippen MR) is 138 cm³/mol. The van der Waals surface area contributed by atoms with E-state index in [1.165, 1.54) is 0 Å². The van der Waals surface area contributed by atoms with E-state index in [1.807, 2.05) is 25.2 Å². The molecule has 4 aromatic rings. The molecular formula is C26H28N8O3. The summed E-state index contributed by atoms with van der Waals surface area (Å²) < 4.78 is 19.7. The van der Waals surface area contributed by atoms with Crippen molar-refractivity contribution in [2.75, 3.05) is 30.5 Å². The van der Waals surface area contributed by atoms with Crippen LogP contribution in [0, 0.1) is 11.3 Å². The van der Waals surface area contributed by atoms with Gasteiger partial charge in [-0.3, -0.25) is 4.68 Å². The molecule has 0 spiro atoms. The second kappa shape index (κ2) is 8.97. The zero-order valence-electron chi connectivity index (χ0n) is 21.0. The van der Waals surface area contributed by atoms with Gasteiger partial charge in [0.25, 0.3) is 0 Å². The molecule has 0 radical (unpaired) electrons. The molecule has 1 atom stereocenters. The maximum atomic E-state index is 9.67. The molecule has 1 saturated heterocycles. The van der Waals surface area contributed by atoms with Gasteiger partial charge in [-0.15, -0.1) is 0 Å². The van der Waals surface area contributed by atoms with Crippen LogP contribution in [0.3, 0.4) is 0 Å². The first kappa shape index (κ1) is 23.1. The van der Waals surface area contributed by atoms with Crippen molar-refractivity contribution in [3.05, 3.63) is 36.2 Å². The monoisotopic (exact) mass is 500 g/mol. The lowest BCUT2D eigenvalue weighted by molar-refractivity contribution is -0.0553. The van der Waals surface area contributed by atoms with E-state index in [2.05, 4.69) is 45.6 Å². The minimum atomic E-state index is -0.231. The van der Waals surface area contributed by atoms with Gasteiger partial charge in [-0.1, -0.05) is 0 Å². The van der Waals surface area contributed by atoms with E-state index in [0.717, 1.165) is 24.1 Å². The van der Waals surface area contributed by atoms with Crippen molar-refractivity contribution < 1.29 is 14.2 Å². The third-order valence-corrected chi connectivity index (χ3v) is 6.72. The quantitative estimate of drug-likeness (QED) is 0.370. The summed E-state index contributed by atoms with van der Waals surface area (Å²) in [7, 11) is 1.89. The number of hydrogen-bond donors (Lipinski definition) is 3. The van der Waals surface area contributed by atoms with Crippen LogP contribution < -0.4 is 20.1 Å². The zero-order chi connectivity index (χ0) is 25.6. The summed E-state index contributed by atoms with van der Waals surface area (Å²) in [6.45, 7) is 5.72. The van der Waals surface area contributed by atoms with Crippen LogP contribution in [-0.2, 0) is 11.8 Å². The van der Waals surface area contributed by atoms with E-state index in [4.69, 9.17) is 19.2 Å². The van der Waals surface area contributed by atoms with Crippen molar-refractivity contribution >= 4 is 28.5 Å². The third kappa shape index (κ3) is 4.29. The number of rotatable bonds is 5. The molecule has 1 unspecified atom stereocenters. The molecule has 2 aliphatic rings. The summed E-state index contributed by atoms with van der Waals surface area (Å²) in [6, 6.07) is 8.22. The van der Waals surface area contributed by atoms with Crippen LogP contribution in [0.2, 0.25) is 0 Å². The Morgan fingerprint density at radius 2 is 1.97 bits per heavy atom. The van der Waals surface area contributed by atoms with Gasteiger partial charge in [0, 0.05) is 37.7 Å². The topological polar surface area (TPSA) is 135 Å². The van der Waals surface area contributed by atoms with Gasteiger partial charge in [0.05, 0.1) is 27.9 Å². The van der Waals surface area contributed by atoms with Gasteiger partial charge in [0.1, 0.15) is 30.7 Å². The first-order valence-corrected chi connectivity index (χ1v) is 12.3. The molecule has 0 aliphatic carbocycles. The van der Waals surface area contributed by atoms with Crippen molar-refractivity contribution in [1.29, 1.82) is 5.26 Å². The highest BCUT2D eigenvalue weighted by atomic mass is 16.6. The molecule has 11 nitrogen and oxygen atoms in total. The highest BCUT2D eigenvalue weighted by molar-refractivity contribution is 5.94. The molecule has 5 heterocycles. The lowest BCUT2D eigenvalue weighted by Gasteiger charge is -2.36. The lowest BCUT2D eigenvalue weighted by atomic mass is 9.94. The summed E-state index contributed by atoms with van der Waals surface area (Å²) in [5.41, 5.74) is 3.33. The van der Waals surface area contributed by atoms with Crippen LogP contribution in [0.15, 0.2) is 30.6 Å². The molecule has 3 N–H and O–H groups in total. The summed E-state index contributed by atoms with van der Waals surface area (Å²) >= 11 is 0. The lowest BCUT2D eigenvalue weighted by Crippen LogP contribution is -2.40. The SMILES string of the molecule is Cn1nccc1-c1ccc(Nc2nc(NC3CCOC(C)(C)C3)c3c(C#N)c[nH]c3n2)c2c1OCCO2. The fraction of sp³-hybridized carbons (Fsp3) is 0.385. The van der Waals surface area contributed by atoms with Gasteiger partial charge in [-0.2, -0.15) is 20.3 Å². The smallest absolute Gasteiger partial charge is 0.231 e. The average Bonchev–Trinajstić information content (AvgIpc) is 3.49. The molecule has 3 aromatic heterocycles. The van der Waals surface area contributed by atoms with Gasteiger partial charge < -0.3 is 29.8 Å². The van der Waals surface area contributed by atoms with Crippen LogP contribution in [0.4, 0.5) is 17.5 Å². The number of ether oxygens (including phenoxy) is 3. The van der Waals surface area contributed by atoms with E-state index in [0.29, 0.717) is 65.4 Å². The maximum Gasteiger partial charge on any atom is 0.231 e. The highest BCUT2D eigenvalue weighted by Gasteiger charge is 2.30. The van der Waals surface area contributed by atoms with Crippen LogP contribution in [0.5, 0.6) is 11.5 Å². The Kier molecular flexibility index (Phi) is 5.61. The summed E-state index contributed by atoms with van der Waals surface area (Å²) in [6.07, 6.45) is 5.07. The molecule has 0 saturated carbocycles. The standard InChI is InChI=1S/C26H28N8O3/c1-26(2)12-16(7-9-37-26)30-24-20-15(13-27)14-28-23(20)32-25(33-24)31-18-5-4-17(19-6-8-29-34(19)3)21-22(18)36-11-10-35-21/h4-6,8,14,16H,7,9-12H2,1-3H3,(H3,28,30,31,32,33). The Morgan fingerprint density at radius 3 is 2.73 bits per heavy atom. The van der Waals surface area contributed by atoms with Crippen molar-refractivity contribution in [2.45, 2.75) is 38.3 Å². The molecule has 37 heavy (non-hydrogen) atoms. The number of aryl methyl sites for hydroxylation is 1. The van der Waals surface area contributed by atoms with Gasteiger partial charge in [0.15, 0.2) is 11.5 Å². The van der Waals surface area contributed by atoms with E-state index in [1.54, 1.807) is 17.1 Å². The summed E-state index contributed by atoms with van der Waals surface area (Å²) in [5, 5.41) is 21.5. The summed E-state index contributed by atoms with van der Waals surface area (Å²) in [5.74, 6) is 2.22. The number of hydrogen-bond acceptors (Lipinski definition) is 9. The molecule has 0 bridgehead atoms. The normalized spacial score (nSPS) is 18.4. The van der Waals surface area contributed by atoms with Crippen LogP contribution in [0.1, 0.15) is 32.3 Å². The van der Waals surface area contributed by atoms with Crippen LogP contribution in [-0.4, -0.2) is 56.2 Å². The molecular weight excluding hydrogens is 472 g/mol. The van der Waals surface area contributed by atoms with Crippen molar-refractivity contribution in [3.63, 3.8) is 0 Å². The van der Waals surface area contributed by atoms with Crippen LogP contribution in [0.25, 0.3) is 22.3 Å². The second-order valence-electron chi connectivity index (χ2n) is 9.86. The minimum absolute atomic E-state index is 0.152. The summed E-state index contributed by atoms with van der Waals surface area (Å²) in [4.78, 5) is 12.6. The fourth-order valence-electron chi connectivity index (χ4n) is 5.03. The Bertz CT molecular complexity index is 1520.